The van der Waals surface area contributed by atoms with Gasteiger partial charge in [-0.25, -0.2) is 0 Å². The van der Waals surface area contributed by atoms with Gasteiger partial charge in [-0.3, -0.25) is 9.59 Å². The van der Waals surface area contributed by atoms with Gasteiger partial charge < -0.3 is 10.2 Å². The highest BCUT2D eigenvalue weighted by atomic mass is 35.5. The molecule has 0 saturated heterocycles. The first-order chi connectivity index (χ1) is 14.0. The number of halogens is 1. The molecule has 4 rings (SSSR count). The zero-order valence-corrected chi connectivity index (χ0v) is 18.1. The van der Waals surface area contributed by atoms with Crippen molar-refractivity contribution in [3.8, 4) is 0 Å². The van der Waals surface area contributed by atoms with Crippen LogP contribution in [0.1, 0.15) is 48.5 Å². The smallest absolute Gasteiger partial charge is 0.251 e. The molecule has 1 aliphatic heterocycles. The molecule has 0 radical (unpaired) electrons. The molecular weight excluding hydrogens is 404 g/mol. The molecule has 1 heterocycles. The van der Waals surface area contributed by atoms with Crippen LogP contribution in [0.4, 0.5) is 5.69 Å². The van der Waals surface area contributed by atoms with Crippen LogP contribution in [-0.2, 0) is 11.3 Å². The molecule has 2 unspecified atom stereocenters. The van der Waals surface area contributed by atoms with E-state index in [-0.39, 0.29) is 17.9 Å². The van der Waals surface area contributed by atoms with Gasteiger partial charge in [0.15, 0.2) is 0 Å². The third-order valence-corrected chi connectivity index (χ3v) is 7.10. The van der Waals surface area contributed by atoms with E-state index in [2.05, 4.69) is 12.2 Å². The summed E-state index contributed by atoms with van der Waals surface area (Å²) in [7, 11) is 0. The van der Waals surface area contributed by atoms with Crippen molar-refractivity contribution in [1.82, 2.24) is 5.32 Å². The van der Waals surface area contributed by atoms with Crippen molar-refractivity contribution in [2.75, 3.05) is 10.7 Å². The Hall–Kier alpha value is -1.98. The van der Waals surface area contributed by atoms with Crippen LogP contribution in [0.3, 0.4) is 0 Å². The molecule has 0 aromatic heterocycles. The number of hydrogen-bond acceptors (Lipinski definition) is 3. The monoisotopic (exact) mass is 428 g/mol. The van der Waals surface area contributed by atoms with Crippen LogP contribution in [0.5, 0.6) is 0 Å². The minimum atomic E-state index is -0.0581. The number of nitrogens with one attached hydrogen (secondary N) is 1. The maximum atomic E-state index is 12.9. The summed E-state index contributed by atoms with van der Waals surface area (Å²) in [6, 6.07) is 13.4. The number of amides is 2. The Labute approximate surface area is 181 Å². The van der Waals surface area contributed by atoms with Crippen LogP contribution in [0.15, 0.2) is 47.4 Å². The molecule has 152 valence electrons. The molecule has 2 aliphatic rings. The zero-order chi connectivity index (χ0) is 20.4. The lowest BCUT2D eigenvalue weighted by molar-refractivity contribution is -0.116. The van der Waals surface area contributed by atoms with E-state index in [9.17, 15) is 9.59 Å². The molecule has 2 aromatic carbocycles. The third-order valence-electron chi connectivity index (χ3n) is 5.82. The Morgan fingerprint density at radius 2 is 2.03 bits per heavy atom. The summed E-state index contributed by atoms with van der Waals surface area (Å²) in [6.45, 7) is 2.65. The number of carbonyl (C=O) groups is 2. The van der Waals surface area contributed by atoms with Crippen LogP contribution in [0, 0.1) is 5.92 Å². The van der Waals surface area contributed by atoms with Crippen LogP contribution in [-0.4, -0.2) is 23.6 Å². The second-order valence-electron chi connectivity index (χ2n) is 7.92. The van der Waals surface area contributed by atoms with Crippen molar-refractivity contribution < 1.29 is 9.59 Å². The standard InChI is InChI=1S/C23H25ClN2O2S/c1-15-5-2-3-8-19(15)25-23(28)17-9-10-21-20(12-17)26(22(27)14-29-21)13-16-6-4-7-18(24)11-16/h4,6-7,9-12,15,19H,2-3,5,8,13-14H2,1H3,(H,25,28). The lowest BCUT2D eigenvalue weighted by Crippen LogP contribution is -2.41. The van der Waals surface area contributed by atoms with E-state index in [0.717, 1.165) is 35.4 Å². The van der Waals surface area contributed by atoms with Crippen LogP contribution < -0.4 is 10.2 Å². The number of rotatable bonds is 4. The minimum absolute atomic E-state index is 0.0425. The van der Waals surface area contributed by atoms with Gasteiger partial charge in [-0.1, -0.05) is 43.5 Å². The molecule has 1 aliphatic carbocycles. The number of thioether (sulfide) groups is 1. The van der Waals surface area contributed by atoms with Gasteiger partial charge in [-0.2, -0.15) is 0 Å². The predicted octanol–water partition coefficient (Wildman–Crippen LogP) is 5.29. The highest BCUT2D eigenvalue weighted by Crippen LogP contribution is 2.37. The number of fused-ring (bicyclic) bond motifs is 1. The largest absolute Gasteiger partial charge is 0.349 e. The molecule has 0 spiro atoms. The van der Waals surface area contributed by atoms with E-state index >= 15 is 0 Å². The lowest BCUT2D eigenvalue weighted by Gasteiger charge is -2.31. The normalized spacial score (nSPS) is 21.6. The summed E-state index contributed by atoms with van der Waals surface area (Å²) in [5, 5.41) is 3.86. The molecule has 0 bridgehead atoms. The molecule has 1 N–H and O–H groups in total. The van der Waals surface area contributed by atoms with Gasteiger partial charge in [0, 0.05) is 21.5 Å². The Kier molecular flexibility index (Phi) is 6.16. The Morgan fingerprint density at radius 1 is 1.21 bits per heavy atom. The fraction of sp³-hybridized carbons (Fsp3) is 0.391. The molecule has 29 heavy (non-hydrogen) atoms. The van der Waals surface area contributed by atoms with E-state index in [4.69, 9.17) is 11.6 Å². The van der Waals surface area contributed by atoms with Crippen molar-refractivity contribution in [2.24, 2.45) is 5.92 Å². The van der Waals surface area contributed by atoms with Gasteiger partial charge >= 0.3 is 0 Å². The molecule has 2 aromatic rings. The summed E-state index contributed by atoms with van der Waals surface area (Å²) >= 11 is 7.63. The molecule has 2 amide bonds. The first-order valence-corrected chi connectivity index (χ1v) is 11.5. The fourth-order valence-electron chi connectivity index (χ4n) is 4.12. The molecule has 1 saturated carbocycles. The molecule has 2 atom stereocenters. The highest BCUT2D eigenvalue weighted by molar-refractivity contribution is 8.00. The van der Waals surface area contributed by atoms with Crippen molar-refractivity contribution >= 4 is 40.9 Å². The second-order valence-corrected chi connectivity index (χ2v) is 9.38. The van der Waals surface area contributed by atoms with Crippen molar-refractivity contribution in [3.05, 3.63) is 58.6 Å². The van der Waals surface area contributed by atoms with Gasteiger partial charge in [0.1, 0.15) is 0 Å². The average Bonchev–Trinajstić information content (AvgIpc) is 2.71. The Bertz CT molecular complexity index is 933. The van der Waals surface area contributed by atoms with Crippen LogP contribution in [0.2, 0.25) is 5.02 Å². The highest BCUT2D eigenvalue weighted by Gasteiger charge is 2.27. The minimum Gasteiger partial charge on any atom is -0.349 e. The maximum Gasteiger partial charge on any atom is 0.251 e. The molecular formula is C23H25ClN2O2S. The summed E-state index contributed by atoms with van der Waals surface area (Å²) in [5.41, 5.74) is 2.37. The van der Waals surface area contributed by atoms with Gasteiger partial charge in [0.25, 0.3) is 5.91 Å². The maximum absolute atomic E-state index is 12.9. The summed E-state index contributed by atoms with van der Waals surface area (Å²) in [4.78, 5) is 28.3. The average molecular weight is 429 g/mol. The van der Waals surface area contributed by atoms with E-state index in [1.807, 2.05) is 42.5 Å². The predicted molar refractivity (Wildman–Crippen MR) is 119 cm³/mol. The number of anilines is 1. The number of benzene rings is 2. The molecule has 6 heteroatoms. The van der Waals surface area contributed by atoms with E-state index in [1.165, 1.54) is 18.2 Å². The fourth-order valence-corrected chi connectivity index (χ4v) is 5.25. The first-order valence-electron chi connectivity index (χ1n) is 10.1. The van der Waals surface area contributed by atoms with Crippen molar-refractivity contribution in [1.29, 1.82) is 0 Å². The van der Waals surface area contributed by atoms with Crippen LogP contribution in [0.25, 0.3) is 0 Å². The number of nitrogens with zero attached hydrogens (tertiary/aromatic N) is 1. The van der Waals surface area contributed by atoms with E-state index in [0.29, 0.717) is 28.8 Å². The summed E-state index contributed by atoms with van der Waals surface area (Å²) in [5.74, 6) is 0.888. The number of carbonyl (C=O) groups excluding carboxylic acids is 2. The van der Waals surface area contributed by atoms with Gasteiger partial charge in [-0.05, 0) is 54.7 Å². The second kappa shape index (κ2) is 8.80. The molecule has 1 fully saturated rings. The quantitative estimate of drug-likeness (QED) is 0.719. The molecule has 4 nitrogen and oxygen atoms in total. The third kappa shape index (κ3) is 4.62. The topological polar surface area (TPSA) is 49.4 Å². The van der Waals surface area contributed by atoms with Gasteiger partial charge in [0.05, 0.1) is 18.0 Å². The van der Waals surface area contributed by atoms with Crippen molar-refractivity contribution in [2.45, 2.75) is 50.1 Å². The lowest BCUT2D eigenvalue weighted by atomic mass is 9.86. The van der Waals surface area contributed by atoms with E-state index < -0.39 is 0 Å². The van der Waals surface area contributed by atoms with Gasteiger partial charge in [0.2, 0.25) is 5.91 Å². The summed E-state index contributed by atoms with van der Waals surface area (Å²) < 4.78 is 0. The van der Waals surface area contributed by atoms with Gasteiger partial charge in [-0.15, -0.1) is 11.8 Å². The van der Waals surface area contributed by atoms with Crippen molar-refractivity contribution in [3.63, 3.8) is 0 Å². The SMILES string of the molecule is CC1CCCCC1NC(=O)c1ccc2c(c1)N(Cc1cccc(Cl)c1)C(=O)CS2. The Morgan fingerprint density at radius 3 is 2.83 bits per heavy atom. The van der Waals surface area contributed by atoms with Crippen LogP contribution >= 0.6 is 23.4 Å². The summed E-state index contributed by atoms with van der Waals surface area (Å²) in [6.07, 6.45) is 4.60. The number of hydrogen-bond donors (Lipinski definition) is 1. The Balaban J connectivity index is 1.57. The first kappa shape index (κ1) is 20.3. The zero-order valence-electron chi connectivity index (χ0n) is 16.5. The van der Waals surface area contributed by atoms with E-state index in [1.54, 1.807) is 4.90 Å².